The van der Waals surface area contributed by atoms with Crippen LogP contribution in [0.5, 0.6) is 0 Å². The van der Waals surface area contributed by atoms with E-state index < -0.39 is 31.8 Å². The zero-order valence-electron chi connectivity index (χ0n) is 25.1. The molecule has 1 heterocycles. The molecule has 1 saturated heterocycles. The molecule has 240 valence electrons. The normalized spacial score (nSPS) is 19.6. The third-order valence-electron chi connectivity index (χ3n) is 8.31. The van der Waals surface area contributed by atoms with Gasteiger partial charge in [-0.05, 0) is 72.5 Å². The van der Waals surface area contributed by atoms with E-state index in [0.717, 1.165) is 35.6 Å². The molecule has 1 saturated carbocycles. The Balaban J connectivity index is 1.23. The first kappa shape index (κ1) is 32.7. The van der Waals surface area contributed by atoms with Gasteiger partial charge in [0.2, 0.25) is 15.9 Å². The van der Waals surface area contributed by atoms with E-state index in [4.69, 9.17) is 0 Å². The highest BCUT2D eigenvalue weighted by Crippen LogP contribution is 2.40. The van der Waals surface area contributed by atoms with Gasteiger partial charge in [0.25, 0.3) is 5.91 Å². The van der Waals surface area contributed by atoms with E-state index in [1.54, 1.807) is 53.4 Å². The predicted octanol–water partition coefficient (Wildman–Crippen LogP) is 2.63. The van der Waals surface area contributed by atoms with Crippen molar-refractivity contribution in [3.63, 3.8) is 0 Å². The van der Waals surface area contributed by atoms with Crippen molar-refractivity contribution < 1.29 is 30.8 Å². The van der Waals surface area contributed by atoms with Gasteiger partial charge in [0, 0.05) is 50.0 Å². The van der Waals surface area contributed by atoms with Crippen LogP contribution >= 0.6 is 0 Å². The summed E-state index contributed by atoms with van der Waals surface area (Å²) in [6, 6.07) is 19.1. The second kappa shape index (κ2) is 13.4. The molecule has 45 heavy (non-hydrogen) atoms. The van der Waals surface area contributed by atoms with Crippen LogP contribution in [0.2, 0.25) is 0 Å². The number of sulfone groups is 1. The summed E-state index contributed by atoms with van der Waals surface area (Å²) in [5.74, 6) is -0.708. The largest absolute Gasteiger partial charge is 0.340 e. The Morgan fingerprint density at radius 1 is 0.844 bits per heavy atom. The second-order valence-electron chi connectivity index (χ2n) is 11.6. The summed E-state index contributed by atoms with van der Waals surface area (Å²) < 4.78 is 62.0. The molecule has 13 heteroatoms. The van der Waals surface area contributed by atoms with Crippen molar-refractivity contribution in [2.24, 2.45) is 0 Å². The van der Waals surface area contributed by atoms with Crippen LogP contribution in [0.1, 0.15) is 34.7 Å². The van der Waals surface area contributed by atoms with Crippen molar-refractivity contribution in [2.75, 3.05) is 45.2 Å². The molecule has 2 amide bonds. The van der Waals surface area contributed by atoms with Crippen molar-refractivity contribution in [3.8, 4) is 11.1 Å². The number of rotatable bonds is 11. The number of halogens is 1. The van der Waals surface area contributed by atoms with Crippen LogP contribution in [-0.4, -0.2) is 95.2 Å². The molecular formula is C32H37FN4O6S2. The molecule has 10 nitrogen and oxygen atoms in total. The van der Waals surface area contributed by atoms with Gasteiger partial charge in [-0.1, -0.05) is 36.4 Å². The highest BCUT2D eigenvalue weighted by Gasteiger charge is 2.38. The van der Waals surface area contributed by atoms with Crippen LogP contribution in [0.3, 0.4) is 0 Å². The van der Waals surface area contributed by atoms with Gasteiger partial charge in [-0.25, -0.2) is 21.2 Å². The first-order valence-electron chi connectivity index (χ1n) is 14.7. The number of amides is 2. The second-order valence-corrected chi connectivity index (χ2v) is 15.6. The standard InChI is InChI=1S/C32H37FN4O6S2/c1-44(40,41)27-13-9-23(10-14-27)22-3-5-25(6-4-22)31(38)35-29(32(39)36-17-19-37(20-18-36)45(2,42)43)15-16-34-30-21-28(30)24-7-11-26(33)12-8-24/h3-14,28-30,34H,15-21H2,1-2H3,(H,35,38)/t28-,29?,30+/m0/s1. The van der Waals surface area contributed by atoms with Crippen molar-refractivity contribution in [3.05, 3.63) is 89.7 Å². The summed E-state index contributed by atoms with van der Waals surface area (Å²) in [6.07, 6.45) is 3.52. The Morgan fingerprint density at radius 2 is 1.42 bits per heavy atom. The number of piperazine rings is 1. The van der Waals surface area contributed by atoms with Crippen LogP contribution < -0.4 is 10.6 Å². The molecule has 2 aliphatic rings. The number of carbonyl (C=O) groups excluding carboxylic acids is 2. The number of hydrogen-bond acceptors (Lipinski definition) is 7. The zero-order chi connectivity index (χ0) is 32.4. The maximum absolute atomic E-state index is 13.6. The van der Waals surface area contributed by atoms with Gasteiger partial charge < -0.3 is 15.5 Å². The Labute approximate surface area is 263 Å². The molecule has 2 fully saturated rings. The zero-order valence-corrected chi connectivity index (χ0v) is 26.8. The number of benzene rings is 3. The average Bonchev–Trinajstić information content (AvgIpc) is 3.79. The minimum absolute atomic E-state index is 0.192. The molecule has 1 aliphatic carbocycles. The summed E-state index contributed by atoms with van der Waals surface area (Å²) in [5.41, 5.74) is 3.00. The summed E-state index contributed by atoms with van der Waals surface area (Å²) in [7, 11) is -6.67. The topological polar surface area (TPSA) is 133 Å². The number of hydrogen-bond donors (Lipinski definition) is 2. The lowest BCUT2D eigenvalue weighted by atomic mass is 10.0. The van der Waals surface area contributed by atoms with Gasteiger partial charge in [0.15, 0.2) is 9.84 Å². The molecule has 2 N–H and O–H groups in total. The van der Waals surface area contributed by atoms with Crippen LogP contribution in [0.4, 0.5) is 4.39 Å². The highest BCUT2D eigenvalue weighted by atomic mass is 32.2. The predicted molar refractivity (Wildman–Crippen MR) is 169 cm³/mol. The molecule has 1 unspecified atom stereocenters. The molecule has 3 aromatic carbocycles. The summed E-state index contributed by atoms with van der Waals surface area (Å²) in [5, 5.41) is 6.33. The molecule has 3 aromatic rings. The lowest BCUT2D eigenvalue weighted by Crippen LogP contribution is -2.56. The molecule has 1 aliphatic heterocycles. The lowest BCUT2D eigenvalue weighted by Gasteiger charge is -2.35. The summed E-state index contributed by atoms with van der Waals surface area (Å²) >= 11 is 0. The maximum atomic E-state index is 13.6. The molecule has 3 atom stereocenters. The van der Waals surface area contributed by atoms with Crippen LogP contribution in [-0.2, 0) is 24.7 Å². The number of nitrogens with zero attached hydrogens (tertiary/aromatic N) is 2. The van der Waals surface area contributed by atoms with Crippen LogP contribution in [0, 0.1) is 5.82 Å². The van der Waals surface area contributed by atoms with E-state index in [9.17, 15) is 30.8 Å². The van der Waals surface area contributed by atoms with Crippen LogP contribution in [0.25, 0.3) is 11.1 Å². The smallest absolute Gasteiger partial charge is 0.251 e. The van der Waals surface area contributed by atoms with E-state index in [1.165, 1.54) is 28.6 Å². The maximum Gasteiger partial charge on any atom is 0.251 e. The monoisotopic (exact) mass is 656 g/mol. The van der Waals surface area contributed by atoms with E-state index in [1.807, 2.05) is 0 Å². The molecule has 0 aromatic heterocycles. The van der Waals surface area contributed by atoms with Crippen molar-refractivity contribution in [1.29, 1.82) is 0 Å². The first-order valence-corrected chi connectivity index (χ1v) is 18.5. The van der Waals surface area contributed by atoms with Crippen molar-refractivity contribution in [2.45, 2.75) is 35.7 Å². The first-order chi connectivity index (χ1) is 21.3. The Morgan fingerprint density at radius 3 is 1.98 bits per heavy atom. The Bertz CT molecular complexity index is 1740. The fraction of sp³-hybridized carbons (Fsp3) is 0.375. The van der Waals surface area contributed by atoms with Crippen LogP contribution in [0.15, 0.2) is 77.7 Å². The lowest BCUT2D eigenvalue weighted by molar-refractivity contribution is -0.134. The Kier molecular flexibility index (Phi) is 9.73. The van der Waals surface area contributed by atoms with Gasteiger partial charge in [-0.2, -0.15) is 4.31 Å². The van der Waals surface area contributed by atoms with Gasteiger partial charge in [-0.3, -0.25) is 9.59 Å². The van der Waals surface area contributed by atoms with E-state index in [2.05, 4.69) is 10.6 Å². The minimum Gasteiger partial charge on any atom is -0.340 e. The fourth-order valence-corrected chi connectivity index (χ4v) is 7.04. The number of carbonyl (C=O) groups is 2. The summed E-state index contributed by atoms with van der Waals surface area (Å²) in [4.78, 5) is 28.7. The van der Waals surface area contributed by atoms with Gasteiger partial charge in [0.05, 0.1) is 11.2 Å². The summed E-state index contributed by atoms with van der Waals surface area (Å²) in [6.45, 7) is 1.31. The quantitative estimate of drug-likeness (QED) is 0.324. The molecule has 0 radical (unpaired) electrons. The molecular weight excluding hydrogens is 620 g/mol. The number of sulfonamides is 1. The minimum atomic E-state index is -3.36. The third kappa shape index (κ3) is 8.34. The average molecular weight is 657 g/mol. The van der Waals surface area contributed by atoms with E-state index >= 15 is 0 Å². The van der Waals surface area contributed by atoms with Crippen molar-refractivity contribution >= 4 is 31.7 Å². The molecule has 5 rings (SSSR count). The van der Waals surface area contributed by atoms with Crippen molar-refractivity contribution in [1.82, 2.24) is 19.8 Å². The SMILES string of the molecule is CS(=O)(=O)c1ccc(-c2ccc(C(=O)NC(CCN[C@@H]3C[C@H]3c3ccc(F)cc3)C(=O)N3CCN(S(C)(=O)=O)CC3)cc2)cc1. The fourth-order valence-electron chi connectivity index (χ4n) is 5.58. The number of nitrogens with one attached hydrogen (secondary N) is 2. The highest BCUT2D eigenvalue weighted by molar-refractivity contribution is 7.90. The molecule has 0 spiro atoms. The third-order valence-corrected chi connectivity index (χ3v) is 10.7. The van der Waals surface area contributed by atoms with Gasteiger partial charge >= 0.3 is 0 Å². The van der Waals surface area contributed by atoms with Gasteiger partial charge in [0.1, 0.15) is 11.9 Å². The Hall–Kier alpha value is -3.65. The van der Waals surface area contributed by atoms with Gasteiger partial charge in [-0.15, -0.1) is 0 Å². The molecule has 0 bridgehead atoms. The van der Waals surface area contributed by atoms with E-state index in [-0.39, 0.29) is 54.8 Å². The van der Waals surface area contributed by atoms with E-state index in [0.29, 0.717) is 18.5 Å².